The van der Waals surface area contributed by atoms with Crippen LogP contribution in [0.2, 0.25) is 0 Å². The summed E-state index contributed by atoms with van der Waals surface area (Å²) in [5.74, 6) is -1.25. The fourth-order valence-corrected chi connectivity index (χ4v) is 2.30. The van der Waals surface area contributed by atoms with Gasteiger partial charge in [-0.1, -0.05) is 18.2 Å². The van der Waals surface area contributed by atoms with Gasteiger partial charge >= 0.3 is 0 Å². The van der Waals surface area contributed by atoms with Gasteiger partial charge in [-0.25, -0.2) is 8.78 Å². The van der Waals surface area contributed by atoms with E-state index in [1.165, 1.54) is 12.1 Å². The fourth-order valence-electron chi connectivity index (χ4n) is 2.30. The molecule has 3 rings (SSSR count). The van der Waals surface area contributed by atoms with E-state index >= 15 is 0 Å². The molecule has 1 heterocycles. The molecule has 0 saturated carbocycles. The number of benzene rings is 2. The van der Waals surface area contributed by atoms with Gasteiger partial charge in [-0.05, 0) is 25.1 Å². The minimum Gasteiger partial charge on any atom is -0.287 e. The summed E-state index contributed by atoms with van der Waals surface area (Å²) in [4.78, 5) is 12.0. The van der Waals surface area contributed by atoms with Crippen LogP contribution in [0.15, 0.2) is 47.3 Å². The summed E-state index contributed by atoms with van der Waals surface area (Å²) in [5, 5.41) is 4.74. The van der Waals surface area contributed by atoms with Crippen LogP contribution in [0.5, 0.6) is 0 Å². The predicted molar refractivity (Wildman–Crippen MR) is 76.2 cm³/mol. The number of halogens is 2. The Bertz CT molecular complexity index is 887. The van der Waals surface area contributed by atoms with Crippen LogP contribution in [0.3, 0.4) is 0 Å². The lowest BCUT2D eigenvalue weighted by Crippen LogP contribution is -2.17. The first-order chi connectivity index (χ1) is 10.1. The van der Waals surface area contributed by atoms with E-state index < -0.39 is 11.6 Å². The Morgan fingerprint density at radius 2 is 1.90 bits per heavy atom. The van der Waals surface area contributed by atoms with Crippen LogP contribution in [-0.4, -0.2) is 9.78 Å². The van der Waals surface area contributed by atoms with Crippen LogP contribution < -0.4 is 5.43 Å². The van der Waals surface area contributed by atoms with Crippen molar-refractivity contribution in [2.45, 2.75) is 13.5 Å². The summed E-state index contributed by atoms with van der Waals surface area (Å²) in [6.07, 6.45) is 0. The second-order valence-electron chi connectivity index (χ2n) is 4.83. The standard InChI is InChI=1S/C16H12F2N2O/c1-10-16(21)13-4-2-3-5-15(13)20(19-10)9-11-6-7-12(17)8-14(11)18/h2-8H,9H2,1H3. The lowest BCUT2D eigenvalue weighted by molar-refractivity contribution is 0.559. The normalized spacial score (nSPS) is 11.0. The van der Waals surface area contributed by atoms with E-state index in [1.54, 1.807) is 35.9 Å². The van der Waals surface area contributed by atoms with Gasteiger partial charge in [-0.15, -0.1) is 0 Å². The molecule has 5 heteroatoms. The average Bonchev–Trinajstić information content (AvgIpc) is 2.47. The van der Waals surface area contributed by atoms with Gasteiger partial charge in [0.1, 0.15) is 17.3 Å². The van der Waals surface area contributed by atoms with Gasteiger partial charge in [0.15, 0.2) is 0 Å². The van der Waals surface area contributed by atoms with Crippen LogP contribution in [0.25, 0.3) is 10.9 Å². The maximum atomic E-state index is 13.8. The number of rotatable bonds is 2. The van der Waals surface area contributed by atoms with Gasteiger partial charge in [-0.2, -0.15) is 5.10 Å². The van der Waals surface area contributed by atoms with Gasteiger partial charge in [0, 0.05) is 17.0 Å². The molecule has 0 aliphatic heterocycles. The van der Waals surface area contributed by atoms with Gasteiger partial charge in [0.05, 0.1) is 12.1 Å². The largest absolute Gasteiger partial charge is 0.287 e. The summed E-state index contributed by atoms with van der Waals surface area (Å²) < 4.78 is 28.3. The highest BCUT2D eigenvalue weighted by molar-refractivity contribution is 5.78. The highest BCUT2D eigenvalue weighted by Gasteiger charge is 2.10. The lowest BCUT2D eigenvalue weighted by atomic mass is 10.1. The first kappa shape index (κ1) is 13.4. The number of aryl methyl sites for hydroxylation is 1. The number of aromatic nitrogens is 2. The molecule has 0 aliphatic rings. The lowest BCUT2D eigenvalue weighted by Gasteiger charge is -2.11. The summed E-state index contributed by atoms with van der Waals surface area (Å²) in [7, 11) is 0. The van der Waals surface area contributed by atoms with Crippen molar-refractivity contribution in [2.75, 3.05) is 0 Å². The summed E-state index contributed by atoms with van der Waals surface area (Å²) in [5.41, 5.74) is 1.14. The van der Waals surface area contributed by atoms with Crippen molar-refractivity contribution in [1.29, 1.82) is 0 Å². The Hall–Kier alpha value is -2.56. The average molecular weight is 286 g/mol. The van der Waals surface area contributed by atoms with E-state index in [4.69, 9.17) is 0 Å². The van der Waals surface area contributed by atoms with Crippen LogP contribution in [0, 0.1) is 18.6 Å². The third-order valence-corrected chi connectivity index (χ3v) is 3.36. The molecular formula is C16H12F2N2O. The number of nitrogens with zero attached hydrogens (tertiary/aromatic N) is 2. The number of hydrogen-bond donors (Lipinski definition) is 0. The van der Waals surface area contributed by atoms with Crippen molar-refractivity contribution in [3.05, 3.63) is 75.6 Å². The Balaban J connectivity index is 2.17. The monoisotopic (exact) mass is 286 g/mol. The predicted octanol–water partition coefficient (Wildman–Crippen LogP) is 3.03. The molecule has 2 aromatic carbocycles. The maximum absolute atomic E-state index is 13.8. The zero-order chi connectivity index (χ0) is 15.0. The molecule has 0 bridgehead atoms. The fraction of sp³-hybridized carbons (Fsp3) is 0.125. The number of fused-ring (bicyclic) bond motifs is 1. The minimum atomic E-state index is -0.628. The van der Waals surface area contributed by atoms with Gasteiger partial charge in [0.25, 0.3) is 0 Å². The Kier molecular flexibility index (Phi) is 3.25. The zero-order valence-corrected chi connectivity index (χ0v) is 11.3. The molecular weight excluding hydrogens is 274 g/mol. The van der Waals surface area contributed by atoms with Gasteiger partial charge in [-0.3, -0.25) is 9.48 Å². The molecule has 0 radical (unpaired) electrons. The topological polar surface area (TPSA) is 34.9 Å². The second kappa shape index (κ2) is 5.09. The molecule has 0 aliphatic carbocycles. The Morgan fingerprint density at radius 1 is 1.14 bits per heavy atom. The minimum absolute atomic E-state index is 0.133. The number of para-hydroxylation sites is 1. The van der Waals surface area contributed by atoms with Crippen LogP contribution >= 0.6 is 0 Å². The first-order valence-electron chi connectivity index (χ1n) is 6.46. The molecule has 0 unspecified atom stereocenters. The highest BCUT2D eigenvalue weighted by atomic mass is 19.1. The summed E-state index contributed by atoms with van der Waals surface area (Å²) in [6, 6.07) is 10.5. The molecule has 0 atom stereocenters. The summed E-state index contributed by atoms with van der Waals surface area (Å²) in [6.45, 7) is 1.75. The Morgan fingerprint density at radius 3 is 2.67 bits per heavy atom. The van der Waals surface area contributed by atoms with Crippen LogP contribution in [0.1, 0.15) is 11.3 Å². The molecule has 1 aromatic heterocycles. The van der Waals surface area contributed by atoms with Gasteiger partial charge < -0.3 is 0 Å². The smallest absolute Gasteiger partial charge is 0.210 e. The second-order valence-corrected chi connectivity index (χ2v) is 4.83. The van der Waals surface area contributed by atoms with Crippen molar-refractivity contribution < 1.29 is 8.78 Å². The first-order valence-corrected chi connectivity index (χ1v) is 6.46. The molecule has 0 N–H and O–H groups in total. The van der Waals surface area contributed by atoms with Crippen molar-refractivity contribution in [3.8, 4) is 0 Å². The van der Waals surface area contributed by atoms with Crippen molar-refractivity contribution >= 4 is 10.9 Å². The Labute approximate surface area is 119 Å². The third kappa shape index (κ3) is 2.42. The molecule has 3 nitrogen and oxygen atoms in total. The highest BCUT2D eigenvalue weighted by Crippen LogP contribution is 2.14. The molecule has 0 fully saturated rings. The van der Waals surface area contributed by atoms with Crippen molar-refractivity contribution in [2.24, 2.45) is 0 Å². The number of hydrogen-bond acceptors (Lipinski definition) is 2. The van der Waals surface area contributed by atoms with E-state index in [9.17, 15) is 13.6 Å². The van der Waals surface area contributed by atoms with Crippen LogP contribution in [-0.2, 0) is 6.54 Å². The van der Waals surface area contributed by atoms with Crippen molar-refractivity contribution in [1.82, 2.24) is 9.78 Å². The maximum Gasteiger partial charge on any atom is 0.210 e. The van der Waals surface area contributed by atoms with E-state index in [0.717, 1.165) is 6.07 Å². The van der Waals surface area contributed by atoms with E-state index in [0.29, 0.717) is 22.2 Å². The third-order valence-electron chi connectivity index (χ3n) is 3.36. The van der Waals surface area contributed by atoms with E-state index in [2.05, 4.69) is 5.10 Å². The SMILES string of the molecule is Cc1nn(Cc2ccc(F)cc2F)c2ccccc2c1=O. The zero-order valence-electron chi connectivity index (χ0n) is 11.3. The summed E-state index contributed by atoms with van der Waals surface area (Å²) >= 11 is 0. The molecule has 3 aromatic rings. The van der Waals surface area contributed by atoms with E-state index in [-0.39, 0.29) is 12.0 Å². The molecule has 106 valence electrons. The molecule has 0 amide bonds. The quantitative estimate of drug-likeness (QED) is 0.726. The van der Waals surface area contributed by atoms with Crippen molar-refractivity contribution in [3.63, 3.8) is 0 Å². The molecule has 21 heavy (non-hydrogen) atoms. The van der Waals surface area contributed by atoms with Crippen LogP contribution in [0.4, 0.5) is 8.78 Å². The van der Waals surface area contributed by atoms with Gasteiger partial charge in [0.2, 0.25) is 5.43 Å². The molecule has 0 spiro atoms. The van der Waals surface area contributed by atoms with E-state index in [1.807, 2.05) is 0 Å². The molecule has 0 saturated heterocycles.